The zero-order valence-corrected chi connectivity index (χ0v) is 11.5. The third kappa shape index (κ3) is 3.68. The molecule has 0 amide bonds. The molecular formula is C13H14N2S2. The fourth-order valence-corrected chi connectivity index (χ4v) is 3.01. The zero-order chi connectivity index (χ0) is 12.1. The van der Waals surface area contributed by atoms with Gasteiger partial charge in [-0.2, -0.15) is 0 Å². The van der Waals surface area contributed by atoms with Gasteiger partial charge in [0.2, 0.25) is 0 Å². The van der Waals surface area contributed by atoms with Crippen LogP contribution >= 0.6 is 23.1 Å². The number of thiazole rings is 1. The van der Waals surface area contributed by atoms with Crippen molar-refractivity contribution in [2.45, 2.75) is 18.2 Å². The van der Waals surface area contributed by atoms with Crippen molar-refractivity contribution in [1.29, 1.82) is 0 Å². The van der Waals surface area contributed by atoms with Crippen molar-refractivity contribution in [3.8, 4) is 0 Å². The molecule has 0 saturated carbocycles. The predicted molar refractivity (Wildman–Crippen MR) is 76.9 cm³/mol. The number of thioether (sulfide) groups is 1. The van der Waals surface area contributed by atoms with Gasteiger partial charge in [0.05, 0.1) is 6.20 Å². The van der Waals surface area contributed by atoms with Crippen LogP contribution in [0.25, 0.3) is 0 Å². The molecule has 2 rings (SSSR count). The molecule has 0 fully saturated rings. The maximum atomic E-state index is 4.43. The van der Waals surface area contributed by atoms with E-state index in [1.165, 1.54) is 5.56 Å². The lowest BCUT2D eigenvalue weighted by atomic mass is 10.2. The number of rotatable bonds is 4. The van der Waals surface area contributed by atoms with Crippen molar-refractivity contribution in [1.82, 2.24) is 4.98 Å². The van der Waals surface area contributed by atoms with E-state index in [-0.39, 0.29) is 0 Å². The largest absolute Gasteiger partial charge is 0.244 e. The molecule has 0 unspecified atom stereocenters. The molecule has 4 heteroatoms. The highest BCUT2D eigenvalue weighted by atomic mass is 32.2. The van der Waals surface area contributed by atoms with E-state index < -0.39 is 0 Å². The Kier molecular flexibility index (Phi) is 4.34. The number of aromatic nitrogens is 1. The Morgan fingerprint density at radius 3 is 2.82 bits per heavy atom. The third-order valence-electron chi connectivity index (χ3n) is 2.16. The standard InChI is InChI=1S/C13H14N2S2/c1-3-16-13-15-9-12(17-13)14-8-11-6-4-10(2)5-7-11/h4-9H,3H2,1-2H3/b14-8+. The molecule has 0 aliphatic rings. The van der Waals surface area contributed by atoms with Crippen molar-refractivity contribution in [2.75, 3.05) is 5.75 Å². The molecule has 0 spiro atoms. The lowest BCUT2D eigenvalue weighted by Crippen LogP contribution is -1.79. The SMILES string of the molecule is CCSc1ncc(/N=C/c2ccc(C)cc2)s1. The average molecular weight is 262 g/mol. The van der Waals surface area contributed by atoms with Crippen LogP contribution in [0.1, 0.15) is 18.1 Å². The monoisotopic (exact) mass is 262 g/mol. The summed E-state index contributed by atoms with van der Waals surface area (Å²) in [5.41, 5.74) is 2.38. The van der Waals surface area contributed by atoms with Gasteiger partial charge in [-0.3, -0.25) is 0 Å². The molecule has 0 saturated heterocycles. The van der Waals surface area contributed by atoms with Gasteiger partial charge in [0.1, 0.15) is 5.00 Å². The second-order valence-corrected chi connectivity index (χ2v) is 6.09. The van der Waals surface area contributed by atoms with E-state index in [2.05, 4.69) is 48.1 Å². The summed E-state index contributed by atoms with van der Waals surface area (Å²) < 4.78 is 1.09. The van der Waals surface area contributed by atoms with E-state index in [0.29, 0.717) is 0 Å². The van der Waals surface area contributed by atoms with Gasteiger partial charge < -0.3 is 0 Å². The van der Waals surface area contributed by atoms with E-state index in [1.54, 1.807) is 23.1 Å². The number of nitrogens with zero attached hydrogens (tertiary/aromatic N) is 2. The van der Waals surface area contributed by atoms with Gasteiger partial charge in [-0.05, 0) is 18.2 Å². The molecule has 0 aliphatic carbocycles. The Balaban J connectivity index is 2.06. The molecule has 0 radical (unpaired) electrons. The summed E-state index contributed by atoms with van der Waals surface area (Å²) in [5, 5.41) is 0.960. The molecule has 0 atom stereocenters. The second kappa shape index (κ2) is 5.98. The maximum absolute atomic E-state index is 4.43. The van der Waals surface area contributed by atoms with Crippen LogP contribution in [0.4, 0.5) is 5.00 Å². The quantitative estimate of drug-likeness (QED) is 0.606. The van der Waals surface area contributed by atoms with Crippen molar-refractivity contribution < 1.29 is 0 Å². The van der Waals surface area contributed by atoms with Gasteiger partial charge in [0, 0.05) is 6.21 Å². The summed E-state index contributed by atoms with van der Waals surface area (Å²) in [6.07, 6.45) is 3.71. The molecule has 1 aromatic carbocycles. The normalized spacial score (nSPS) is 11.2. The van der Waals surface area contributed by atoms with Gasteiger partial charge >= 0.3 is 0 Å². The number of hydrogen-bond acceptors (Lipinski definition) is 4. The van der Waals surface area contributed by atoms with Crippen LogP contribution in [0.3, 0.4) is 0 Å². The Morgan fingerprint density at radius 1 is 1.35 bits per heavy atom. The highest BCUT2D eigenvalue weighted by Crippen LogP contribution is 2.29. The smallest absolute Gasteiger partial charge is 0.151 e. The van der Waals surface area contributed by atoms with Gasteiger partial charge in [-0.1, -0.05) is 59.9 Å². The minimum Gasteiger partial charge on any atom is -0.244 e. The lowest BCUT2D eigenvalue weighted by molar-refractivity contribution is 1.25. The molecule has 1 heterocycles. The van der Waals surface area contributed by atoms with Crippen LogP contribution < -0.4 is 0 Å². The first kappa shape index (κ1) is 12.3. The molecule has 1 aromatic heterocycles. The molecule has 0 aliphatic heterocycles. The molecule has 88 valence electrons. The van der Waals surface area contributed by atoms with E-state index in [9.17, 15) is 0 Å². The Labute approximate surface area is 110 Å². The van der Waals surface area contributed by atoms with Gasteiger partial charge in [-0.25, -0.2) is 9.98 Å². The van der Waals surface area contributed by atoms with E-state index >= 15 is 0 Å². The fraction of sp³-hybridized carbons (Fsp3) is 0.231. The van der Waals surface area contributed by atoms with Crippen molar-refractivity contribution in [2.24, 2.45) is 4.99 Å². The van der Waals surface area contributed by atoms with E-state index in [0.717, 1.165) is 20.7 Å². The molecule has 2 nitrogen and oxygen atoms in total. The van der Waals surface area contributed by atoms with Crippen molar-refractivity contribution in [3.05, 3.63) is 41.6 Å². The minimum atomic E-state index is 0.960. The molecule has 2 aromatic rings. The number of benzene rings is 1. The van der Waals surface area contributed by atoms with Gasteiger partial charge in [-0.15, -0.1) is 0 Å². The molecule has 17 heavy (non-hydrogen) atoms. The number of hydrogen-bond donors (Lipinski definition) is 0. The maximum Gasteiger partial charge on any atom is 0.151 e. The van der Waals surface area contributed by atoms with Crippen molar-refractivity contribution in [3.63, 3.8) is 0 Å². The Hall–Kier alpha value is -1.13. The fourth-order valence-electron chi connectivity index (χ4n) is 1.29. The summed E-state index contributed by atoms with van der Waals surface area (Å²) in [6, 6.07) is 8.32. The predicted octanol–water partition coefficient (Wildman–Crippen LogP) is 4.31. The van der Waals surface area contributed by atoms with Crippen LogP contribution in [0, 0.1) is 6.92 Å². The summed E-state index contributed by atoms with van der Waals surface area (Å²) in [7, 11) is 0. The highest BCUT2D eigenvalue weighted by Gasteiger charge is 1.99. The summed E-state index contributed by atoms with van der Waals surface area (Å²) in [5.74, 6) is 1.05. The lowest BCUT2D eigenvalue weighted by Gasteiger charge is -1.93. The molecule has 0 N–H and O–H groups in total. The van der Waals surface area contributed by atoms with Crippen LogP contribution in [0.15, 0.2) is 39.8 Å². The Bertz CT molecular complexity index is 500. The van der Waals surface area contributed by atoms with Crippen LogP contribution in [0.5, 0.6) is 0 Å². The topological polar surface area (TPSA) is 25.2 Å². The van der Waals surface area contributed by atoms with Gasteiger partial charge in [0.25, 0.3) is 0 Å². The summed E-state index contributed by atoms with van der Waals surface area (Å²) in [6.45, 7) is 4.21. The number of aliphatic imine (C=N–C) groups is 1. The summed E-state index contributed by atoms with van der Waals surface area (Å²) in [4.78, 5) is 8.73. The molecule has 0 bridgehead atoms. The average Bonchev–Trinajstić information content (AvgIpc) is 2.77. The zero-order valence-electron chi connectivity index (χ0n) is 9.88. The highest BCUT2D eigenvalue weighted by molar-refractivity contribution is 8.01. The first-order valence-corrected chi connectivity index (χ1v) is 7.27. The first-order chi connectivity index (χ1) is 8.28. The number of aryl methyl sites for hydroxylation is 1. The minimum absolute atomic E-state index is 0.960. The first-order valence-electron chi connectivity index (χ1n) is 5.47. The summed E-state index contributed by atoms with van der Waals surface area (Å²) >= 11 is 3.39. The van der Waals surface area contributed by atoms with E-state index in [4.69, 9.17) is 0 Å². The third-order valence-corrected chi connectivity index (χ3v) is 4.10. The van der Waals surface area contributed by atoms with Crippen LogP contribution in [-0.2, 0) is 0 Å². The second-order valence-electron chi connectivity index (χ2n) is 3.57. The van der Waals surface area contributed by atoms with E-state index in [1.807, 2.05) is 12.4 Å². The van der Waals surface area contributed by atoms with Crippen LogP contribution in [-0.4, -0.2) is 17.0 Å². The van der Waals surface area contributed by atoms with Crippen LogP contribution in [0.2, 0.25) is 0 Å². The van der Waals surface area contributed by atoms with Crippen molar-refractivity contribution >= 4 is 34.3 Å². The van der Waals surface area contributed by atoms with Gasteiger partial charge in [0.15, 0.2) is 4.34 Å². The molecular weight excluding hydrogens is 248 g/mol. The Morgan fingerprint density at radius 2 is 2.12 bits per heavy atom.